The number of benzene rings is 1. The van der Waals surface area contributed by atoms with Gasteiger partial charge in [0.25, 0.3) is 12.3 Å². The van der Waals surface area contributed by atoms with E-state index in [0.29, 0.717) is 5.82 Å². The Hall–Kier alpha value is -4.00. The first-order chi connectivity index (χ1) is 18.2. The Labute approximate surface area is 215 Å². The normalized spacial score (nSPS) is 17.6. The smallest absolute Gasteiger partial charge is 0.283 e. The number of carbonyl (C=O) groups excluding carboxylic acids is 1. The van der Waals surface area contributed by atoms with Gasteiger partial charge in [-0.2, -0.15) is 0 Å². The number of anilines is 4. The fourth-order valence-electron chi connectivity index (χ4n) is 4.45. The zero-order valence-corrected chi connectivity index (χ0v) is 20.6. The van der Waals surface area contributed by atoms with Gasteiger partial charge in [-0.25, -0.2) is 32.5 Å². The van der Waals surface area contributed by atoms with E-state index in [4.69, 9.17) is 4.74 Å². The number of rotatable bonds is 6. The van der Waals surface area contributed by atoms with Crippen LogP contribution in [0.5, 0.6) is 5.75 Å². The van der Waals surface area contributed by atoms with Crippen LogP contribution in [0.2, 0.25) is 0 Å². The third kappa shape index (κ3) is 4.93. The van der Waals surface area contributed by atoms with Crippen LogP contribution in [-0.2, 0) is 4.79 Å². The molecule has 0 spiro atoms. The second kappa shape index (κ2) is 10.4. The van der Waals surface area contributed by atoms with Crippen LogP contribution in [0.25, 0.3) is 11.3 Å². The summed E-state index contributed by atoms with van der Waals surface area (Å²) in [6.07, 6.45) is -2.65. The number of hydrogen-bond acceptors (Lipinski definition) is 8. The van der Waals surface area contributed by atoms with Gasteiger partial charge in [0.1, 0.15) is 11.5 Å². The summed E-state index contributed by atoms with van der Waals surface area (Å²) >= 11 is 0. The highest BCUT2D eigenvalue weighted by Crippen LogP contribution is 2.42. The molecule has 200 valence electrons. The van der Waals surface area contributed by atoms with Crippen LogP contribution in [0.3, 0.4) is 0 Å². The van der Waals surface area contributed by atoms with Crippen molar-refractivity contribution in [3.8, 4) is 17.0 Å². The molecule has 1 aromatic carbocycles. The number of ether oxygens (including phenoxy) is 1. The molecule has 9 nitrogen and oxygen atoms in total. The molecule has 0 aliphatic carbocycles. The van der Waals surface area contributed by atoms with Crippen molar-refractivity contribution in [1.82, 2.24) is 20.3 Å². The highest BCUT2D eigenvalue weighted by atomic mass is 19.3. The summed E-state index contributed by atoms with van der Waals surface area (Å²) in [5.74, 6) is -2.97. The van der Waals surface area contributed by atoms with Crippen molar-refractivity contribution in [3.05, 3.63) is 48.3 Å². The van der Waals surface area contributed by atoms with Crippen molar-refractivity contribution in [2.75, 3.05) is 41.3 Å². The summed E-state index contributed by atoms with van der Waals surface area (Å²) in [5, 5.41) is 6.19. The first-order valence-corrected chi connectivity index (χ1v) is 12.1. The van der Waals surface area contributed by atoms with Crippen LogP contribution in [0.15, 0.2) is 36.7 Å². The van der Waals surface area contributed by atoms with Crippen molar-refractivity contribution >= 4 is 29.0 Å². The number of hydrogen-bond donors (Lipinski definition) is 2. The second-order valence-corrected chi connectivity index (χ2v) is 9.14. The molecule has 3 aromatic rings. The van der Waals surface area contributed by atoms with Crippen LogP contribution in [0, 0.1) is 11.6 Å². The van der Waals surface area contributed by atoms with Gasteiger partial charge in [0.15, 0.2) is 17.4 Å². The van der Waals surface area contributed by atoms with Crippen LogP contribution < -0.4 is 25.2 Å². The standard InChI is InChI=1S/C25H25F4N7O2/c1-13(2)36-18-10-14(9-16(26)21(18)38-22(23(28)29)24(36)37)20-17(27)12-32-25(34-20)33-19-4-3-15(11-31-19)35-7-5-30-6-8-35/h3-4,9-13,22-23,30H,5-8H2,1-2H3,(H,31,32,33,34). The molecule has 1 fully saturated rings. The van der Waals surface area contributed by atoms with Gasteiger partial charge in [-0.1, -0.05) is 0 Å². The van der Waals surface area contributed by atoms with E-state index < -0.39 is 41.9 Å². The number of aromatic nitrogens is 3. The molecule has 13 heteroatoms. The molecule has 2 aliphatic rings. The molecule has 2 aliphatic heterocycles. The largest absolute Gasteiger partial charge is 0.469 e. The van der Waals surface area contributed by atoms with E-state index in [0.717, 1.165) is 49.0 Å². The summed E-state index contributed by atoms with van der Waals surface area (Å²) in [4.78, 5) is 28.4. The van der Waals surface area contributed by atoms with Crippen LogP contribution in [0.4, 0.5) is 40.7 Å². The van der Waals surface area contributed by atoms with E-state index in [1.54, 1.807) is 26.1 Å². The summed E-state index contributed by atoms with van der Waals surface area (Å²) in [6, 6.07) is 5.25. The number of piperazine rings is 1. The maximum atomic E-state index is 15.1. The van der Waals surface area contributed by atoms with E-state index in [1.807, 2.05) is 6.07 Å². The van der Waals surface area contributed by atoms with E-state index in [1.165, 1.54) is 6.07 Å². The predicted octanol–water partition coefficient (Wildman–Crippen LogP) is 3.74. The molecule has 5 rings (SSSR count). The minimum absolute atomic E-state index is 0.00718. The number of nitrogens with one attached hydrogen (secondary N) is 2. The molecular formula is C25H25F4N7O2. The molecule has 0 radical (unpaired) electrons. The van der Waals surface area contributed by atoms with Gasteiger partial charge < -0.3 is 25.2 Å². The maximum absolute atomic E-state index is 15.1. The van der Waals surface area contributed by atoms with Crippen molar-refractivity contribution < 1.29 is 27.1 Å². The first kappa shape index (κ1) is 25.6. The maximum Gasteiger partial charge on any atom is 0.283 e. The monoisotopic (exact) mass is 531 g/mol. The highest BCUT2D eigenvalue weighted by molar-refractivity contribution is 6.01. The molecule has 0 saturated carbocycles. The Morgan fingerprint density at radius 1 is 1.08 bits per heavy atom. The molecular weight excluding hydrogens is 506 g/mol. The molecule has 1 saturated heterocycles. The second-order valence-electron chi connectivity index (χ2n) is 9.14. The summed E-state index contributed by atoms with van der Waals surface area (Å²) in [6.45, 7) is 6.69. The predicted molar refractivity (Wildman–Crippen MR) is 133 cm³/mol. The number of halogens is 4. The van der Waals surface area contributed by atoms with Gasteiger partial charge >= 0.3 is 0 Å². The van der Waals surface area contributed by atoms with Gasteiger partial charge in [-0.3, -0.25) is 4.79 Å². The molecule has 38 heavy (non-hydrogen) atoms. The first-order valence-electron chi connectivity index (χ1n) is 12.1. The third-order valence-electron chi connectivity index (χ3n) is 6.24. The van der Waals surface area contributed by atoms with Crippen molar-refractivity contribution in [2.24, 2.45) is 0 Å². The summed E-state index contributed by atoms with van der Waals surface area (Å²) in [5.41, 5.74) is 0.593. The molecule has 0 bridgehead atoms. The number of alkyl halides is 2. The average molecular weight is 532 g/mol. The van der Waals surface area contributed by atoms with Gasteiger partial charge in [0.05, 0.1) is 23.8 Å². The van der Waals surface area contributed by atoms with E-state index in [2.05, 4.69) is 30.5 Å². The lowest BCUT2D eigenvalue weighted by molar-refractivity contribution is -0.133. The average Bonchev–Trinajstić information content (AvgIpc) is 2.90. The lowest BCUT2D eigenvalue weighted by Gasteiger charge is -2.36. The molecule has 1 unspecified atom stereocenters. The zero-order chi connectivity index (χ0) is 27.0. The number of carbonyl (C=O) groups is 1. The quantitative estimate of drug-likeness (QED) is 0.465. The van der Waals surface area contributed by atoms with E-state index in [-0.39, 0.29) is 22.9 Å². The highest BCUT2D eigenvalue weighted by Gasteiger charge is 2.42. The van der Waals surface area contributed by atoms with Gasteiger partial charge in [-0.15, -0.1) is 0 Å². The Bertz CT molecular complexity index is 1330. The SMILES string of the molecule is CC(C)N1C(=O)C(C(F)F)Oc2c(F)cc(-c3nc(Nc4ccc(N5CCNCC5)cn4)ncc3F)cc21. The van der Waals surface area contributed by atoms with Crippen molar-refractivity contribution in [1.29, 1.82) is 0 Å². The van der Waals surface area contributed by atoms with E-state index in [9.17, 15) is 18.0 Å². The number of amides is 1. The van der Waals surface area contributed by atoms with Crippen LogP contribution in [-0.4, -0.2) is 65.6 Å². The van der Waals surface area contributed by atoms with Crippen molar-refractivity contribution in [2.45, 2.75) is 32.4 Å². The van der Waals surface area contributed by atoms with Gasteiger partial charge in [0.2, 0.25) is 12.1 Å². The Kier molecular flexibility index (Phi) is 7.02. The summed E-state index contributed by atoms with van der Waals surface area (Å²) < 4.78 is 61.7. The molecule has 2 N–H and O–H groups in total. The topological polar surface area (TPSA) is 95.5 Å². The van der Waals surface area contributed by atoms with E-state index >= 15 is 4.39 Å². The lowest BCUT2D eigenvalue weighted by atomic mass is 10.0. The molecule has 4 heterocycles. The lowest BCUT2D eigenvalue weighted by Crippen LogP contribution is -2.52. The fourth-order valence-corrected chi connectivity index (χ4v) is 4.45. The number of nitrogens with zero attached hydrogens (tertiary/aromatic N) is 5. The number of fused-ring (bicyclic) bond motifs is 1. The number of pyridine rings is 1. The molecule has 2 aromatic heterocycles. The Morgan fingerprint density at radius 3 is 2.50 bits per heavy atom. The zero-order valence-electron chi connectivity index (χ0n) is 20.6. The minimum atomic E-state index is -3.15. The van der Waals surface area contributed by atoms with Crippen LogP contribution >= 0.6 is 0 Å². The van der Waals surface area contributed by atoms with Gasteiger partial charge in [-0.05, 0) is 38.1 Å². The Balaban J connectivity index is 1.45. The minimum Gasteiger partial charge on any atom is -0.469 e. The fraction of sp³-hybridized carbons (Fsp3) is 0.360. The third-order valence-corrected chi connectivity index (χ3v) is 6.24. The summed E-state index contributed by atoms with van der Waals surface area (Å²) in [7, 11) is 0. The Morgan fingerprint density at radius 2 is 1.84 bits per heavy atom. The van der Waals surface area contributed by atoms with Crippen molar-refractivity contribution in [3.63, 3.8) is 0 Å². The van der Waals surface area contributed by atoms with Crippen LogP contribution in [0.1, 0.15) is 13.8 Å². The molecule has 1 atom stereocenters. The van der Waals surface area contributed by atoms with Gasteiger partial charge in [0, 0.05) is 37.8 Å². The molecule has 1 amide bonds.